The first kappa shape index (κ1) is 16.9. The SMILES string of the molecule is NCc1ncc(OC(F)(F)F)c(S(=O)(=O)Cl)c1C(F)F. The molecule has 0 unspecified atom stereocenters. The lowest BCUT2D eigenvalue weighted by atomic mass is 10.2. The summed E-state index contributed by atoms with van der Waals surface area (Å²) in [5.41, 5.74) is 3.16. The molecule has 0 spiro atoms. The second kappa shape index (κ2) is 5.66. The minimum atomic E-state index is -5.30. The van der Waals surface area contributed by atoms with Crippen LogP contribution in [-0.4, -0.2) is 19.8 Å². The Morgan fingerprint density at radius 3 is 2.30 bits per heavy atom. The van der Waals surface area contributed by atoms with Crippen molar-refractivity contribution < 1.29 is 35.1 Å². The highest BCUT2D eigenvalue weighted by molar-refractivity contribution is 8.13. The number of nitrogens with zero attached hydrogens (tertiary/aromatic N) is 1. The molecule has 0 atom stereocenters. The highest BCUT2D eigenvalue weighted by Gasteiger charge is 2.37. The summed E-state index contributed by atoms with van der Waals surface area (Å²) < 4.78 is 87.9. The van der Waals surface area contributed by atoms with Gasteiger partial charge in [-0.1, -0.05) is 0 Å². The number of ether oxygens (including phenoxy) is 1. The zero-order valence-corrected chi connectivity index (χ0v) is 10.9. The van der Waals surface area contributed by atoms with Crippen LogP contribution in [0.5, 0.6) is 5.75 Å². The van der Waals surface area contributed by atoms with Crippen molar-refractivity contribution in [2.45, 2.75) is 24.2 Å². The van der Waals surface area contributed by atoms with Crippen molar-refractivity contribution in [3.63, 3.8) is 0 Å². The van der Waals surface area contributed by atoms with Crippen molar-refractivity contribution in [3.05, 3.63) is 17.5 Å². The van der Waals surface area contributed by atoms with Gasteiger partial charge in [-0.2, -0.15) is 0 Å². The van der Waals surface area contributed by atoms with Gasteiger partial charge in [0, 0.05) is 17.2 Å². The molecule has 0 radical (unpaired) electrons. The van der Waals surface area contributed by atoms with E-state index in [9.17, 15) is 30.4 Å². The summed E-state index contributed by atoms with van der Waals surface area (Å²) >= 11 is 0. The number of alkyl halides is 5. The Bertz CT molecular complexity index is 605. The molecule has 0 amide bonds. The van der Waals surface area contributed by atoms with E-state index in [4.69, 9.17) is 16.4 Å². The monoisotopic (exact) mass is 340 g/mol. The molecule has 1 aromatic heterocycles. The van der Waals surface area contributed by atoms with Crippen LogP contribution in [0.3, 0.4) is 0 Å². The Morgan fingerprint density at radius 1 is 1.40 bits per heavy atom. The van der Waals surface area contributed by atoms with E-state index in [1.807, 2.05) is 0 Å². The molecule has 0 fully saturated rings. The Morgan fingerprint density at radius 2 is 1.95 bits per heavy atom. The summed E-state index contributed by atoms with van der Waals surface area (Å²) in [6.45, 7) is -0.620. The Balaban J connectivity index is 3.67. The van der Waals surface area contributed by atoms with Crippen LogP contribution in [0, 0.1) is 0 Å². The van der Waals surface area contributed by atoms with Crippen LogP contribution in [0.1, 0.15) is 17.7 Å². The molecule has 1 heterocycles. The van der Waals surface area contributed by atoms with Gasteiger partial charge >= 0.3 is 6.36 Å². The van der Waals surface area contributed by atoms with Gasteiger partial charge in [-0.05, 0) is 0 Å². The lowest BCUT2D eigenvalue weighted by molar-refractivity contribution is -0.275. The Labute approximate surface area is 113 Å². The molecule has 0 aliphatic rings. The smallest absolute Gasteiger partial charge is 0.403 e. The van der Waals surface area contributed by atoms with Crippen LogP contribution in [0.15, 0.2) is 11.1 Å². The minimum absolute atomic E-state index is 0.316. The fourth-order valence-corrected chi connectivity index (χ4v) is 2.65. The molecular weight excluding hydrogens is 335 g/mol. The fourth-order valence-electron chi connectivity index (χ4n) is 1.37. The topological polar surface area (TPSA) is 82.3 Å². The van der Waals surface area contributed by atoms with Crippen LogP contribution in [0.4, 0.5) is 22.0 Å². The van der Waals surface area contributed by atoms with E-state index in [0.717, 1.165) is 0 Å². The summed E-state index contributed by atoms with van der Waals surface area (Å²) in [5, 5.41) is 0. The second-order valence-corrected chi connectivity index (χ2v) is 5.81. The summed E-state index contributed by atoms with van der Waals surface area (Å²) in [4.78, 5) is 1.73. The average molecular weight is 341 g/mol. The number of rotatable bonds is 4. The van der Waals surface area contributed by atoms with Crippen molar-refractivity contribution >= 4 is 19.7 Å². The van der Waals surface area contributed by atoms with Crippen molar-refractivity contribution in [2.75, 3.05) is 0 Å². The Hall–Kier alpha value is -1.20. The van der Waals surface area contributed by atoms with Gasteiger partial charge in [0.05, 0.1) is 17.5 Å². The summed E-state index contributed by atoms with van der Waals surface area (Å²) in [7, 11) is -0.0488. The highest BCUT2D eigenvalue weighted by atomic mass is 35.7. The normalized spacial score (nSPS) is 12.8. The zero-order chi connectivity index (χ0) is 15.7. The second-order valence-electron chi connectivity index (χ2n) is 3.30. The van der Waals surface area contributed by atoms with E-state index < -0.39 is 50.3 Å². The van der Waals surface area contributed by atoms with Gasteiger partial charge in [-0.25, -0.2) is 17.2 Å². The largest absolute Gasteiger partial charge is 0.573 e. The van der Waals surface area contributed by atoms with E-state index in [1.54, 1.807) is 0 Å². The summed E-state index contributed by atoms with van der Waals surface area (Å²) in [5.74, 6) is -1.44. The summed E-state index contributed by atoms with van der Waals surface area (Å²) in [6, 6.07) is 0. The number of pyridine rings is 1. The third-order valence-corrected chi connectivity index (χ3v) is 3.37. The maximum absolute atomic E-state index is 12.9. The molecular formula is C8H6ClF5N2O3S. The van der Waals surface area contributed by atoms with E-state index in [1.165, 1.54) is 0 Å². The predicted octanol–water partition coefficient (Wildman–Crippen LogP) is 2.30. The summed E-state index contributed by atoms with van der Waals surface area (Å²) in [6.07, 6.45) is -8.44. The number of nitrogens with two attached hydrogens (primary N) is 1. The maximum atomic E-state index is 12.9. The van der Waals surface area contributed by atoms with Crippen molar-refractivity contribution in [2.24, 2.45) is 5.73 Å². The van der Waals surface area contributed by atoms with Crippen LogP contribution < -0.4 is 10.5 Å². The molecule has 114 valence electrons. The Kier molecular flexibility index (Phi) is 4.77. The molecule has 2 N–H and O–H groups in total. The fraction of sp³-hybridized carbons (Fsp3) is 0.375. The lowest BCUT2D eigenvalue weighted by Crippen LogP contribution is -2.20. The molecule has 1 rings (SSSR count). The number of hydrogen-bond donors (Lipinski definition) is 1. The molecule has 1 aromatic rings. The van der Waals surface area contributed by atoms with E-state index in [0.29, 0.717) is 6.20 Å². The van der Waals surface area contributed by atoms with Gasteiger partial charge in [-0.3, -0.25) is 4.98 Å². The van der Waals surface area contributed by atoms with E-state index in [2.05, 4.69) is 9.72 Å². The molecule has 0 bridgehead atoms. The third-order valence-electron chi connectivity index (χ3n) is 2.00. The van der Waals surface area contributed by atoms with E-state index in [-0.39, 0.29) is 0 Å². The molecule has 5 nitrogen and oxygen atoms in total. The third kappa shape index (κ3) is 3.90. The van der Waals surface area contributed by atoms with E-state index >= 15 is 0 Å². The lowest BCUT2D eigenvalue weighted by Gasteiger charge is -2.16. The van der Waals surface area contributed by atoms with Gasteiger partial charge in [0.15, 0.2) is 5.75 Å². The quantitative estimate of drug-likeness (QED) is 0.672. The van der Waals surface area contributed by atoms with Gasteiger partial charge in [0.1, 0.15) is 4.90 Å². The molecule has 0 saturated carbocycles. The molecule has 12 heteroatoms. The van der Waals surface area contributed by atoms with Gasteiger partial charge < -0.3 is 10.5 Å². The van der Waals surface area contributed by atoms with Gasteiger partial charge in [0.25, 0.3) is 15.5 Å². The van der Waals surface area contributed by atoms with Crippen LogP contribution in [0.25, 0.3) is 0 Å². The first-order valence-corrected chi connectivity index (χ1v) is 6.98. The maximum Gasteiger partial charge on any atom is 0.573 e. The van der Waals surface area contributed by atoms with Crippen LogP contribution in [-0.2, 0) is 15.6 Å². The molecule has 0 aliphatic carbocycles. The molecule has 0 aromatic carbocycles. The molecule has 0 aliphatic heterocycles. The first-order chi connectivity index (χ1) is 8.97. The van der Waals surface area contributed by atoms with Gasteiger partial charge in [-0.15, -0.1) is 13.2 Å². The van der Waals surface area contributed by atoms with Crippen molar-refractivity contribution in [1.29, 1.82) is 0 Å². The highest BCUT2D eigenvalue weighted by Crippen LogP contribution is 2.39. The number of hydrogen-bond acceptors (Lipinski definition) is 5. The zero-order valence-electron chi connectivity index (χ0n) is 9.29. The van der Waals surface area contributed by atoms with Crippen molar-refractivity contribution in [1.82, 2.24) is 4.98 Å². The minimum Gasteiger partial charge on any atom is -0.403 e. The number of halogens is 6. The average Bonchev–Trinajstić information content (AvgIpc) is 2.24. The first-order valence-electron chi connectivity index (χ1n) is 4.67. The predicted molar refractivity (Wildman–Crippen MR) is 56.8 cm³/mol. The van der Waals surface area contributed by atoms with Gasteiger partial charge in [0.2, 0.25) is 0 Å². The number of aromatic nitrogens is 1. The standard InChI is InChI=1S/C8H6ClF5N2O3S/c9-20(17,18)6-4(19-8(12,13)14)2-16-3(1-15)5(6)7(10)11/h2,7H,1,15H2. The van der Waals surface area contributed by atoms with Crippen LogP contribution >= 0.6 is 10.7 Å². The van der Waals surface area contributed by atoms with Crippen molar-refractivity contribution in [3.8, 4) is 5.75 Å². The molecule has 20 heavy (non-hydrogen) atoms. The molecule has 0 saturated heterocycles. The van der Waals surface area contributed by atoms with Crippen LogP contribution in [0.2, 0.25) is 0 Å².